The number of likely N-dealkylation sites (tertiary alicyclic amines) is 1. The maximum absolute atomic E-state index is 6.07. The van der Waals surface area contributed by atoms with Crippen molar-refractivity contribution in [2.75, 3.05) is 13.1 Å². The van der Waals surface area contributed by atoms with Crippen LogP contribution in [-0.4, -0.2) is 27.8 Å². The van der Waals surface area contributed by atoms with E-state index in [1.165, 1.54) is 18.4 Å². The molecule has 1 aromatic heterocycles. The summed E-state index contributed by atoms with van der Waals surface area (Å²) in [4.78, 5) is 7.13. The first-order valence-electron chi connectivity index (χ1n) is 5.20. The Labute approximate surface area is 104 Å². The number of nitrogens with zero attached hydrogens (tertiary/aromatic N) is 2. The van der Waals surface area contributed by atoms with E-state index >= 15 is 0 Å². The summed E-state index contributed by atoms with van der Waals surface area (Å²) in [6, 6.07) is 2.00. The molecule has 1 aliphatic rings. The first-order chi connectivity index (χ1) is 7.25. The number of pyridine rings is 1. The molecule has 0 amide bonds. The number of halogens is 2. The van der Waals surface area contributed by atoms with E-state index in [4.69, 9.17) is 11.6 Å². The Bertz CT molecular complexity index is 324. The zero-order chi connectivity index (χ0) is 10.7. The SMILES string of the molecule is Clc1cnccc1CN1CCC(Br)CC1. The molecule has 1 aromatic rings. The molecule has 0 spiro atoms. The molecule has 4 heteroatoms. The van der Waals surface area contributed by atoms with Gasteiger partial charge in [-0.05, 0) is 37.6 Å². The number of alkyl halides is 1. The quantitative estimate of drug-likeness (QED) is 0.778. The van der Waals surface area contributed by atoms with E-state index in [9.17, 15) is 0 Å². The summed E-state index contributed by atoms with van der Waals surface area (Å²) in [5.74, 6) is 0. The summed E-state index contributed by atoms with van der Waals surface area (Å²) in [5, 5.41) is 0.776. The van der Waals surface area contributed by atoms with Gasteiger partial charge in [-0.15, -0.1) is 0 Å². The predicted octanol–water partition coefficient (Wildman–Crippen LogP) is 3.09. The van der Waals surface area contributed by atoms with Crippen molar-refractivity contribution in [3.8, 4) is 0 Å². The molecular weight excluding hydrogens is 275 g/mol. The fraction of sp³-hybridized carbons (Fsp3) is 0.545. The lowest BCUT2D eigenvalue weighted by molar-refractivity contribution is 0.226. The van der Waals surface area contributed by atoms with E-state index in [1.807, 2.05) is 6.07 Å². The number of rotatable bonds is 2. The average molecular weight is 290 g/mol. The first kappa shape index (κ1) is 11.4. The molecule has 82 valence electrons. The molecule has 1 aliphatic heterocycles. The molecule has 0 bridgehead atoms. The van der Waals surface area contributed by atoms with E-state index in [0.717, 1.165) is 24.7 Å². The highest BCUT2D eigenvalue weighted by Crippen LogP contribution is 2.21. The van der Waals surface area contributed by atoms with Crippen LogP contribution in [0.15, 0.2) is 18.5 Å². The third-order valence-electron chi connectivity index (χ3n) is 2.77. The van der Waals surface area contributed by atoms with Gasteiger partial charge < -0.3 is 0 Å². The highest BCUT2D eigenvalue weighted by molar-refractivity contribution is 9.09. The van der Waals surface area contributed by atoms with Crippen LogP contribution in [0.25, 0.3) is 0 Å². The molecule has 0 saturated carbocycles. The Morgan fingerprint density at radius 3 is 2.87 bits per heavy atom. The molecule has 2 nitrogen and oxygen atoms in total. The molecule has 15 heavy (non-hydrogen) atoms. The first-order valence-corrected chi connectivity index (χ1v) is 6.50. The third kappa shape index (κ3) is 3.16. The Balaban J connectivity index is 1.95. The zero-order valence-electron chi connectivity index (χ0n) is 8.50. The minimum absolute atomic E-state index is 0.696. The van der Waals surface area contributed by atoms with Gasteiger partial charge in [0.1, 0.15) is 0 Å². The normalized spacial score (nSPS) is 19.3. The molecule has 2 heterocycles. The monoisotopic (exact) mass is 288 g/mol. The highest BCUT2D eigenvalue weighted by Gasteiger charge is 2.17. The molecule has 0 N–H and O–H groups in total. The van der Waals surface area contributed by atoms with Crippen molar-refractivity contribution >= 4 is 27.5 Å². The van der Waals surface area contributed by atoms with E-state index in [1.54, 1.807) is 12.4 Å². The molecule has 1 fully saturated rings. The Kier molecular flexibility index (Phi) is 4.00. The minimum Gasteiger partial charge on any atom is -0.299 e. The topological polar surface area (TPSA) is 16.1 Å². The van der Waals surface area contributed by atoms with E-state index < -0.39 is 0 Å². The maximum Gasteiger partial charge on any atom is 0.0634 e. The van der Waals surface area contributed by atoms with Crippen LogP contribution in [-0.2, 0) is 6.54 Å². The fourth-order valence-corrected chi connectivity index (χ4v) is 2.42. The Hall–Kier alpha value is -0.120. The standard InChI is InChI=1S/C11H14BrClN2/c12-10-2-5-15(6-3-10)8-9-1-4-14-7-11(9)13/h1,4,7,10H,2-3,5-6,8H2. The van der Waals surface area contributed by atoms with Gasteiger partial charge in [0.05, 0.1) is 5.02 Å². The van der Waals surface area contributed by atoms with Gasteiger partial charge in [-0.1, -0.05) is 27.5 Å². The second-order valence-electron chi connectivity index (χ2n) is 3.92. The highest BCUT2D eigenvalue weighted by atomic mass is 79.9. The Morgan fingerprint density at radius 2 is 2.20 bits per heavy atom. The maximum atomic E-state index is 6.07. The van der Waals surface area contributed by atoms with Crippen molar-refractivity contribution in [2.24, 2.45) is 0 Å². The predicted molar refractivity (Wildman–Crippen MR) is 66.5 cm³/mol. The van der Waals surface area contributed by atoms with Gasteiger partial charge in [-0.2, -0.15) is 0 Å². The minimum atomic E-state index is 0.696. The molecule has 0 aliphatic carbocycles. The van der Waals surface area contributed by atoms with E-state index in [2.05, 4.69) is 25.8 Å². The van der Waals surface area contributed by atoms with Gasteiger partial charge in [-0.3, -0.25) is 9.88 Å². The van der Waals surface area contributed by atoms with Gasteiger partial charge in [-0.25, -0.2) is 0 Å². The average Bonchev–Trinajstić information content (AvgIpc) is 2.25. The Morgan fingerprint density at radius 1 is 1.47 bits per heavy atom. The van der Waals surface area contributed by atoms with Crippen molar-refractivity contribution in [2.45, 2.75) is 24.2 Å². The van der Waals surface area contributed by atoms with Crippen LogP contribution in [0.3, 0.4) is 0 Å². The summed E-state index contributed by atoms with van der Waals surface area (Å²) >= 11 is 9.73. The van der Waals surface area contributed by atoms with Crippen LogP contribution in [0.2, 0.25) is 5.02 Å². The number of hydrogen-bond acceptors (Lipinski definition) is 2. The largest absolute Gasteiger partial charge is 0.299 e. The lowest BCUT2D eigenvalue weighted by atomic mass is 10.1. The number of hydrogen-bond donors (Lipinski definition) is 0. The van der Waals surface area contributed by atoms with Crippen LogP contribution in [0.5, 0.6) is 0 Å². The van der Waals surface area contributed by atoms with E-state index in [-0.39, 0.29) is 0 Å². The van der Waals surface area contributed by atoms with Crippen LogP contribution in [0.4, 0.5) is 0 Å². The summed E-state index contributed by atoms with van der Waals surface area (Å²) in [6.45, 7) is 3.24. The number of aromatic nitrogens is 1. The number of piperidine rings is 1. The molecule has 0 radical (unpaired) electrons. The van der Waals surface area contributed by atoms with Crippen LogP contribution >= 0.6 is 27.5 Å². The van der Waals surface area contributed by atoms with Crippen molar-refractivity contribution in [1.82, 2.24) is 9.88 Å². The van der Waals surface area contributed by atoms with E-state index in [0.29, 0.717) is 4.83 Å². The molecule has 1 saturated heterocycles. The van der Waals surface area contributed by atoms with Crippen molar-refractivity contribution < 1.29 is 0 Å². The summed E-state index contributed by atoms with van der Waals surface area (Å²) in [7, 11) is 0. The van der Waals surface area contributed by atoms with Crippen LogP contribution in [0.1, 0.15) is 18.4 Å². The van der Waals surface area contributed by atoms with Gasteiger partial charge in [0.2, 0.25) is 0 Å². The van der Waals surface area contributed by atoms with Crippen molar-refractivity contribution in [3.63, 3.8) is 0 Å². The zero-order valence-corrected chi connectivity index (χ0v) is 10.8. The summed E-state index contributed by atoms with van der Waals surface area (Å²) in [6.07, 6.45) is 5.97. The molecule has 0 unspecified atom stereocenters. The molecule has 2 rings (SSSR count). The van der Waals surface area contributed by atoms with Crippen LogP contribution < -0.4 is 0 Å². The smallest absolute Gasteiger partial charge is 0.0634 e. The van der Waals surface area contributed by atoms with Gasteiger partial charge in [0.25, 0.3) is 0 Å². The molecule has 0 atom stereocenters. The van der Waals surface area contributed by atoms with Crippen molar-refractivity contribution in [1.29, 1.82) is 0 Å². The summed E-state index contributed by atoms with van der Waals surface area (Å²) in [5.41, 5.74) is 1.18. The van der Waals surface area contributed by atoms with Gasteiger partial charge in [0.15, 0.2) is 0 Å². The van der Waals surface area contributed by atoms with Gasteiger partial charge >= 0.3 is 0 Å². The van der Waals surface area contributed by atoms with Gasteiger partial charge in [0, 0.05) is 23.8 Å². The lowest BCUT2D eigenvalue weighted by Crippen LogP contribution is -2.33. The summed E-state index contributed by atoms with van der Waals surface area (Å²) < 4.78 is 0. The van der Waals surface area contributed by atoms with Crippen LogP contribution in [0, 0.1) is 0 Å². The lowest BCUT2D eigenvalue weighted by Gasteiger charge is -2.29. The van der Waals surface area contributed by atoms with Crippen molar-refractivity contribution in [3.05, 3.63) is 29.0 Å². The second kappa shape index (κ2) is 5.28. The second-order valence-corrected chi connectivity index (χ2v) is 5.62. The fourth-order valence-electron chi connectivity index (χ4n) is 1.83. The molecule has 0 aromatic carbocycles. The molecular formula is C11H14BrClN2. The third-order valence-corrected chi connectivity index (χ3v) is 4.02.